The predicted molar refractivity (Wildman–Crippen MR) is 114 cm³/mol. The molecule has 2 aromatic carbocycles. The van der Waals surface area contributed by atoms with Crippen molar-refractivity contribution in [2.24, 2.45) is 0 Å². The zero-order valence-electron chi connectivity index (χ0n) is 15.5. The Hall–Kier alpha value is -2.92. The monoisotopic (exact) mass is 468 g/mol. The summed E-state index contributed by atoms with van der Waals surface area (Å²) >= 11 is 18.2. The molecule has 7 nitrogen and oxygen atoms in total. The topological polar surface area (TPSA) is 109 Å². The van der Waals surface area contributed by atoms with E-state index in [4.69, 9.17) is 49.4 Å². The van der Waals surface area contributed by atoms with Gasteiger partial charge in [0.25, 0.3) is 5.91 Å². The molecule has 0 spiro atoms. The van der Waals surface area contributed by atoms with E-state index in [0.29, 0.717) is 5.56 Å². The summed E-state index contributed by atoms with van der Waals surface area (Å²) in [4.78, 5) is 23.3. The van der Waals surface area contributed by atoms with Crippen LogP contribution in [0.2, 0.25) is 15.1 Å². The molecule has 2 aromatic rings. The second kappa shape index (κ2) is 10.7. The smallest absolute Gasteiger partial charge is 0.341 e. The summed E-state index contributed by atoms with van der Waals surface area (Å²) in [6.45, 7) is 1.37. The van der Waals surface area contributed by atoms with E-state index >= 15 is 0 Å². The summed E-state index contributed by atoms with van der Waals surface area (Å²) in [5.41, 5.74) is 0.388. The highest BCUT2D eigenvalue weighted by atomic mass is 35.5. The van der Waals surface area contributed by atoms with Crippen LogP contribution < -0.4 is 14.8 Å². The molecule has 10 heteroatoms. The van der Waals surface area contributed by atoms with Crippen LogP contribution in [0.15, 0.2) is 35.9 Å². The Bertz CT molecular complexity index is 1050. The van der Waals surface area contributed by atoms with Crippen molar-refractivity contribution in [1.29, 1.82) is 5.26 Å². The summed E-state index contributed by atoms with van der Waals surface area (Å²) in [7, 11) is 0. The number of anilines is 1. The van der Waals surface area contributed by atoms with Gasteiger partial charge in [-0.2, -0.15) is 5.26 Å². The number of nitrogens with zero attached hydrogens (tertiary/aromatic N) is 1. The standard InChI is InChI=1S/C20H15Cl3N2O5/c1-2-29-16-8-11(7-14(22)19(16)30-10-17(26)27)6-12(9-24)20(28)25-15-5-3-4-13(21)18(15)23/h3-8H,2,10H2,1H3,(H,25,28)(H,26,27)/b12-6-. The first-order valence-corrected chi connectivity index (χ1v) is 9.58. The van der Waals surface area contributed by atoms with Gasteiger partial charge in [0.1, 0.15) is 11.6 Å². The average molecular weight is 470 g/mol. The van der Waals surface area contributed by atoms with Gasteiger partial charge in [-0.05, 0) is 42.8 Å². The van der Waals surface area contributed by atoms with E-state index in [1.807, 2.05) is 6.07 Å². The van der Waals surface area contributed by atoms with E-state index in [1.54, 1.807) is 25.1 Å². The quantitative estimate of drug-likeness (QED) is 0.413. The Morgan fingerprint density at radius 1 is 1.20 bits per heavy atom. The average Bonchev–Trinajstić information content (AvgIpc) is 2.69. The Morgan fingerprint density at radius 3 is 2.57 bits per heavy atom. The number of ether oxygens (including phenoxy) is 2. The van der Waals surface area contributed by atoms with Gasteiger partial charge in [-0.1, -0.05) is 40.9 Å². The number of hydrogen-bond donors (Lipinski definition) is 2. The highest BCUT2D eigenvalue weighted by molar-refractivity contribution is 6.44. The highest BCUT2D eigenvalue weighted by Crippen LogP contribution is 2.37. The number of carboxylic acid groups (broad SMARTS) is 1. The fourth-order valence-electron chi connectivity index (χ4n) is 2.31. The lowest BCUT2D eigenvalue weighted by Gasteiger charge is -2.13. The Morgan fingerprint density at radius 2 is 1.93 bits per heavy atom. The number of amides is 1. The molecule has 0 aliphatic heterocycles. The molecule has 0 fully saturated rings. The van der Waals surface area contributed by atoms with E-state index in [9.17, 15) is 14.9 Å². The lowest BCUT2D eigenvalue weighted by Crippen LogP contribution is -2.14. The number of benzene rings is 2. The third-order valence-electron chi connectivity index (χ3n) is 3.55. The number of halogens is 3. The van der Waals surface area contributed by atoms with Gasteiger partial charge in [0.15, 0.2) is 18.1 Å². The molecule has 1 amide bonds. The Balaban J connectivity index is 2.36. The van der Waals surface area contributed by atoms with Crippen LogP contribution in [0, 0.1) is 11.3 Å². The minimum atomic E-state index is -1.18. The first-order valence-electron chi connectivity index (χ1n) is 8.44. The molecule has 0 atom stereocenters. The molecule has 0 saturated heterocycles. The number of carbonyl (C=O) groups excluding carboxylic acids is 1. The minimum Gasteiger partial charge on any atom is -0.490 e. The molecule has 0 aliphatic carbocycles. The van der Waals surface area contributed by atoms with Crippen molar-refractivity contribution in [3.05, 3.63) is 56.5 Å². The summed E-state index contributed by atoms with van der Waals surface area (Å²) in [5.74, 6) is -1.66. The molecule has 0 saturated carbocycles. The summed E-state index contributed by atoms with van der Waals surface area (Å²) in [6, 6.07) is 9.40. The number of aliphatic carboxylic acids is 1. The number of carboxylic acids is 1. The van der Waals surface area contributed by atoms with E-state index < -0.39 is 18.5 Å². The number of hydrogen-bond acceptors (Lipinski definition) is 5. The van der Waals surface area contributed by atoms with Crippen LogP contribution in [0.3, 0.4) is 0 Å². The van der Waals surface area contributed by atoms with E-state index in [-0.39, 0.29) is 44.4 Å². The van der Waals surface area contributed by atoms with Gasteiger partial charge < -0.3 is 19.9 Å². The maximum absolute atomic E-state index is 12.5. The van der Waals surface area contributed by atoms with Gasteiger partial charge in [0.2, 0.25) is 0 Å². The van der Waals surface area contributed by atoms with E-state index in [2.05, 4.69) is 5.32 Å². The molecule has 0 unspecified atom stereocenters. The molecule has 0 aromatic heterocycles. The fraction of sp³-hybridized carbons (Fsp3) is 0.150. The van der Waals surface area contributed by atoms with Crippen molar-refractivity contribution < 1.29 is 24.2 Å². The van der Waals surface area contributed by atoms with Crippen molar-refractivity contribution in [1.82, 2.24) is 0 Å². The maximum atomic E-state index is 12.5. The lowest BCUT2D eigenvalue weighted by molar-refractivity contribution is -0.139. The molecule has 2 rings (SSSR count). The van der Waals surface area contributed by atoms with Gasteiger partial charge in [-0.25, -0.2) is 4.79 Å². The summed E-state index contributed by atoms with van der Waals surface area (Å²) < 4.78 is 10.6. The molecular formula is C20H15Cl3N2O5. The second-order valence-electron chi connectivity index (χ2n) is 5.67. The first-order chi connectivity index (χ1) is 14.3. The first kappa shape index (κ1) is 23.4. The second-order valence-corrected chi connectivity index (χ2v) is 6.86. The third kappa shape index (κ3) is 6.04. The summed E-state index contributed by atoms with van der Waals surface area (Å²) in [6.07, 6.45) is 1.29. The van der Waals surface area contributed by atoms with Crippen LogP contribution in [-0.2, 0) is 9.59 Å². The fourth-order valence-corrected chi connectivity index (χ4v) is 2.93. The predicted octanol–water partition coefficient (Wildman–Crippen LogP) is 5.05. The zero-order valence-corrected chi connectivity index (χ0v) is 17.8. The largest absolute Gasteiger partial charge is 0.490 e. The van der Waals surface area contributed by atoms with Gasteiger partial charge in [0.05, 0.1) is 27.4 Å². The number of carbonyl (C=O) groups is 2. The lowest BCUT2D eigenvalue weighted by atomic mass is 10.1. The van der Waals surface area contributed by atoms with Crippen LogP contribution in [0.4, 0.5) is 5.69 Å². The highest BCUT2D eigenvalue weighted by Gasteiger charge is 2.16. The SMILES string of the molecule is CCOc1cc(/C=C(/C#N)C(=O)Nc2cccc(Cl)c2Cl)cc(Cl)c1OCC(=O)O. The van der Waals surface area contributed by atoms with Gasteiger partial charge >= 0.3 is 5.97 Å². The number of nitrogens with one attached hydrogen (secondary N) is 1. The third-order valence-corrected chi connectivity index (χ3v) is 4.65. The van der Waals surface area contributed by atoms with Crippen LogP contribution in [0.25, 0.3) is 6.08 Å². The summed E-state index contributed by atoms with van der Waals surface area (Å²) in [5, 5.41) is 21.2. The van der Waals surface area contributed by atoms with Gasteiger partial charge in [0, 0.05) is 0 Å². The van der Waals surface area contributed by atoms with Gasteiger partial charge in [-0.3, -0.25) is 4.79 Å². The zero-order chi connectivity index (χ0) is 22.3. The van der Waals surface area contributed by atoms with Crippen LogP contribution in [0.1, 0.15) is 12.5 Å². The molecule has 0 heterocycles. The molecule has 2 N–H and O–H groups in total. The number of nitriles is 1. The normalized spacial score (nSPS) is 10.8. The molecule has 0 aliphatic rings. The molecule has 30 heavy (non-hydrogen) atoms. The molecular weight excluding hydrogens is 455 g/mol. The molecule has 0 bridgehead atoms. The Labute approximate surface area is 187 Å². The van der Waals surface area contributed by atoms with E-state index in [1.165, 1.54) is 18.2 Å². The molecule has 0 radical (unpaired) electrons. The van der Waals surface area contributed by atoms with E-state index in [0.717, 1.165) is 0 Å². The van der Waals surface area contributed by atoms with Crippen molar-refractivity contribution in [3.63, 3.8) is 0 Å². The van der Waals surface area contributed by atoms with Crippen LogP contribution in [0.5, 0.6) is 11.5 Å². The van der Waals surface area contributed by atoms with Crippen molar-refractivity contribution in [3.8, 4) is 17.6 Å². The van der Waals surface area contributed by atoms with Crippen molar-refractivity contribution in [2.75, 3.05) is 18.5 Å². The van der Waals surface area contributed by atoms with Crippen molar-refractivity contribution >= 4 is 58.4 Å². The maximum Gasteiger partial charge on any atom is 0.341 e. The Kier molecular flexibility index (Phi) is 8.36. The number of rotatable bonds is 8. The molecule has 156 valence electrons. The van der Waals surface area contributed by atoms with Crippen LogP contribution in [-0.4, -0.2) is 30.2 Å². The van der Waals surface area contributed by atoms with Crippen molar-refractivity contribution in [2.45, 2.75) is 6.92 Å². The minimum absolute atomic E-state index is 0.0479. The van der Waals surface area contributed by atoms with Crippen LogP contribution >= 0.6 is 34.8 Å². The van der Waals surface area contributed by atoms with Gasteiger partial charge in [-0.15, -0.1) is 0 Å².